The van der Waals surface area contributed by atoms with Crippen molar-refractivity contribution in [3.8, 4) is 0 Å². The maximum Gasteiger partial charge on any atom is 0.330 e. The molecule has 0 radical (unpaired) electrons. The number of hydrogen-bond acceptors (Lipinski definition) is 4. The molecule has 0 bridgehead atoms. The van der Waals surface area contributed by atoms with Crippen molar-refractivity contribution >= 4 is 5.97 Å². The van der Waals surface area contributed by atoms with Gasteiger partial charge in [-0.3, -0.25) is 4.90 Å². The first-order valence-electron chi connectivity index (χ1n) is 9.33. The predicted molar refractivity (Wildman–Crippen MR) is 96.5 cm³/mol. The quantitative estimate of drug-likeness (QED) is 0.281. The van der Waals surface area contributed by atoms with Crippen LogP contribution in [-0.2, 0) is 9.53 Å². The van der Waals surface area contributed by atoms with Gasteiger partial charge in [-0.2, -0.15) is 0 Å². The number of unbranched alkanes of at least 4 members (excludes halogenated alkanes) is 5. The van der Waals surface area contributed by atoms with Crippen molar-refractivity contribution in [3.63, 3.8) is 0 Å². The molecule has 4 nitrogen and oxygen atoms in total. The van der Waals surface area contributed by atoms with Gasteiger partial charge in [-0.25, -0.2) is 4.79 Å². The minimum Gasteiger partial charge on any atom is -0.461 e. The summed E-state index contributed by atoms with van der Waals surface area (Å²) >= 11 is 0. The lowest BCUT2D eigenvalue weighted by Gasteiger charge is -2.25. The van der Waals surface area contributed by atoms with E-state index in [0.29, 0.717) is 19.7 Å². The summed E-state index contributed by atoms with van der Waals surface area (Å²) in [7, 11) is 0. The number of ether oxygens (including phenoxy) is 1. The van der Waals surface area contributed by atoms with E-state index in [1.807, 2.05) is 0 Å². The Bertz CT molecular complexity index is 305. The van der Waals surface area contributed by atoms with Crippen LogP contribution in [0.4, 0.5) is 0 Å². The third-order valence-corrected chi connectivity index (χ3v) is 3.89. The molecule has 0 amide bonds. The molecule has 0 aromatic rings. The second-order valence-corrected chi connectivity index (χ2v) is 6.18. The molecule has 0 aliphatic heterocycles. The van der Waals surface area contributed by atoms with Crippen LogP contribution < -0.4 is 0 Å². The average molecular weight is 328 g/mol. The Hall–Kier alpha value is -0.870. The van der Waals surface area contributed by atoms with E-state index in [1.54, 1.807) is 13.0 Å². The molecule has 0 saturated heterocycles. The molecule has 23 heavy (non-hydrogen) atoms. The minimum atomic E-state index is -0.290. The van der Waals surface area contributed by atoms with Gasteiger partial charge < -0.3 is 9.84 Å². The Labute approximate surface area is 142 Å². The van der Waals surface area contributed by atoms with Gasteiger partial charge in [0.25, 0.3) is 0 Å². The molecular formula is C19H37NO3. The molecule has 0 rings (SSSR count). The van der Waals surface area contributed by atoms with Gasteiger partial charge in [-0.05, 0) is 26.3 Å². The molecule has 1 unspecified atom stereocenters. The van der Waals surface area contributed by atoms with E-state index < -0.39 is 0 Å². The van der Waals surface area contributed by atoms with Crippen molar-refractivity contribution in [2.45, 2.75) is 78.2 Å². The summed E-state index contributed by atoms with van der Waals surface area (Å²) in [6.45, 7) is 8.88. The maximum absolute atomic E-state index is 11.3. The SMILES string of the molecule is C/C=C/C(=O)OCCN(CCCCCCC)CC(O)CCCC. The van der Waals surface area contributed by atoms with Crippen LogP contribution in [0.15, 0.2) is 12.2 Å². The number of hydrogen-bond donors (Lipinski definition) is 1. The van der Waals surface area contributed by atoms with E-state index in [9.17, 15) is 9.90 Å². The monoisotopic (exact) mass is 327 g/mol. The van der Waals surface area contributed by atoms with Crippen LogP contribution >= 0.6 is 0 Å². The molecule has 0 heterocycles. The van der Waals surface area contributed by atoms with Gasteiger partial charge in [0, 0.05) is 19.2 Å². The van der Waals surface area contributed by atoms with Crippen LogP contribution in [0.2, 0.25) is 0 Å². The van der Waals surface area contributed by atoms with Crippen LogP contribution in [0.5, 0.6) is 0 Å². The highest BCUT2D eigenvalue weighted by Gasteiger charge is 2.12. The zero-order chi connectivity index (χ0) is 17.3. The molecule has 0 aliphatic rings. The van der Waals surface area contributed by atoms with Crippen molar-refractivity contribution in [1.82, 2.24) is 4.90 Å². The van der Waals surface area contributed by atoms with E-state index in [-0.39, 0.29) is 12.1 Å². The first kappa shape index (κ1) is 22.1. The van der Waals surface area contributed by atoms with E-state index in [4.69, 9.17) is 4.74 Å². The lowest BCUT2D eigenvalue weighted by molar-refractivity contribution is -0.138. The summed E-state index contributed by atoms with van der Waals surface area (Å²) in [4.78, 5) is 13.6. The lowest BCUT2D eigenvalue weighted by Crippen LogP contribution is -2.36. The highest BCUT2D eigenvalue weighted by Crippen LogP contribution is 2.07. The van der Waals surface area contributed by atoms with Gasteiger partial charge in [0.1, 0.15) is 6.61 Å². The standard InChI is InChI=1S/C19H37NO3/c1-4-7-9-10-11-14-20(17-18(21)13-8-5-2)15-16-23-19(22)12-6-3/h6,12,18,21H,4-5,7-11,13-17H2,1-3H3/b12-6+. The van der Waals surface area contributed by atoms with E-state index in [1.165, 1.54) is 31.8 Å². The fourth-order valence-electron chi connectivity index (χ4n) is 2.52. The minimum absolute atomic E-state index is 0.281. The van der Waals surface area contributed by atoms with E-state index in [0.717, 1.165) is 32.2 Å². The molecular weight excluding hydrogens is 290 g/mol. The number of rotatable bonds is 15. The van der Waals surface area contributed by atoms with Gasteiger partial charge in [0.15, 0.2) is 0 Å². The molecule has 0 saturated carbocycles. The molecule has 136 valence electrons. The number of allylic oxidation sites excluding steroid dienone is 1. The fraction of sp³-hybridized carbons (Fsp3) is 0.842. The topological polar surface area (TPSA) is 49.8 Å². The number of carbonyl (C=O) groups excluding carboxylic acids is 1. The van der Waals surface area contributed by atoms with Crippen LogP contribution in [0.3, 0.4) is 0 Å². The van der Waals surface area contributed by atoms with Crippen LogP contribution in [0.1, 0.15) is 72.1 Å². The Morgan fingerprint density at radius 1 is 1.09 bits per heavy atom. The zero-order valence-corrected chi connectivity index (χ0v) is 15.4. The fourth-order valence-corrected chi connectivity index (χ4v) is 2.52. The van der Waals surface area contributed by atoms with Crippen LogP contribution in [-0.4, -0.2) is 48.3 Å². The lowest BCUT2D eigenvalue weighted by atomic mass is 10.1. The Morgan fingerprint density at radius 3 is 2.43 bits per heavy atom. The summed E-state index contributed by atoms with van der Waals surface area (Å²) < 4.78 is 5.17. The third kappa shape index (κ3) is 14.5. The number of aliphatic hydroxyl groups is 1. The van der Waals surface area contributed by atoms with E-state index >= 15 is 0 Å². The first-order valence-corrected chi connectivity index (χ1v) is 9.33. The summed E-state index contributed by atoms with van der Waals surface area (Å²) in [5, 5.41) is 10.1. The van der Waals surface area contributed by atoms with Crippen molar-refractivity contribution < 1.29 is 14.6 Å². The summed E-state index contributed by atoms with van der Waals surface area (Å²) in [5.41, 5.74) is 0. The van der Waals surface area contributed by atoms with E-state index in [2.05, 4.69) is 18.7 Å². The van der Waals surface area contributed by atoms with Gasteiger partial charge in [-0.15, -0.1) is 0 Å². The maximum atomic E-state index is 11.3. The average Bonchev–Trinajstić information content (AvgIpc) is 2.52. The van der Waals surface area contributed by atoms with Crippen molar-refractivity contribution in [3.05, 3.63) is 12.2 Å². The Kier molecular flexibility index (Phi) is 15.4. The number of esters is 1. The molecule has 0 spiro atoms. The highest BCUT2D eigenvalue weighted by atomic mass is 16.5. The molecule has 4 heteroatoms. The third-order valence-electron chi connectivity index (χ3n) is 3.89. The van der Waals surface area contributed by atoms with Gasteiger partial charge in [-0.1, -0.05) is 58.4 Å². The summed E-state index contributed by atoms with van der Waals surface area (Å²) in [5.74, 6) is -0.290. The Morgan fingerprint density at radius 2 is 1.78 bits per heavy atom. The molecule has 1 N–H and O–H groups in total. The molecule has 1 atom stereocenters. The van der Waals surface area contributed by atoms with Crippen LogP contribution in [0, 0.1) is 0 Å². The normalized spacial score (nSPS) is 12.9. The van der Waals surface area contributed by atoms with Crippen molar-refractivity contribution in [1.29, 1.82) is 0 Å². The molecule has 0 aromatic carbocycles. The van der Waals surface area contributed by atoms with Crippen molar-refractivity contribution in [2.24, 2.45) is 0 Å². The first-order chi connectivity index (χ1) is 11.1. The number of carbonyl (C=O) groups is 1. The van der Waals surface area contributed by atoms with Crippen LogP contribution in [0.25, 0.3) is 0 Å². The zero-order valence-electron chi connectivity index (χ0n) is 15.4. The predicted octanol–water partition coefficient (Wildman–Crippen LogP) is 3.93. The number of nitrogens with zero attached hydrogens (tertiary/aromatic N) is 1. The van der Waals surface area contributed by atoms with Crippen molar-refractivity contribution in [2.75, 3.05) is 26.2 Å². The van der Waals surface area contributed by atoms with Gasteiger partial charge in [0.05, 0.1) is 6.10 Å². The molecule has 0 aliphatic carbocycles. The molecule has 0 fully saturated rings. The summed E-state index contributed by atoms with van der Waals surface area (Å²) in [6, 6.07) is 0. The second-order valence-electron chi connectivity index (χ2n) is 6.18. The largest absolute Gasteiger partial charge is 0.461 e. The summed E-state index contributed by atoms with van der Waals surface area (Å²) in [6.07, 6.45) is 12.0. The smallest absolute Gasteiger partial charge is 0.330 e. The number of aliphatic hydroxyl groups excluding tert-OH is 1. The Balaban J connectivity index is 4.11. The van der Waals surface area contributed by atoms with Gasteiger partial charge in [0.2, 0.25) is 0 Å². The highest BCUT2D eigenvalue weighted by molar-refractivity contribution is 5.81. The second kappa shape index (κ2) is 16.0. The van der Waals surface area contributed by atoms with Gasteiger partial charge >= 0.3 is 5.97 Å². The molecule has 0 aromatic heterocycles.